The normalized spacial score (nSPS) is 10.5. The Bertz CT molecular complexity index is 825. The van der Waals surface area contributed by atoms with Gasteiger partial charge in [0.25, 0.3) is 0 Å². The van der Waals surface area contributed by atoms with E-state index in [2.05, 4.69) is 0 Å². The molecule has 0 atom stereocenters. The number of nitro benzene ring substituents is 1. The summed E-state index contributed by atoms with van der Waals surface area (Å²) < 4.78 is 5.44. The van der Waals surface area contributed by atoms with Crippen LogP contribution in [0.1, 0.15) is 38.2 Å². The minimum Gasteiger partial charge on any atom is -0.478 e. The van der Waals surface area contributed by atoms with Crippen molar-refractivity contribution in [3.63, 3.8) is 0 Å². The second-order valence-corrected chi connectivity index (χ2v) is 6.06. The summed E-state index contributed by atoms with van der Waals surface area (Å²) in [6, 6.07) is 6.54. The lowest BCUT2D eigenvalue weighted by Crippen LogP contribution is -2.15. The van der Waals surface area contributed by atoms with E-state index in [9.17, 15) is 14.9 Å². The monoisotopic (exact) mass is 327 g/mol. The number of carbonyl (C=O) groups is 1. The third-order valence-corrected chi connectivity index (χ3v) is 4.45. The summed E-state index contributed by atoms with van der Waals surface area (Å²) in [6.07, 6.45) is 0. The fourth-order valence-electron chi connectivity index (χ4n) is 2.61. The molecule has 0 radical (unpaired) electrons. The number of nitrogens with zero attached hydrogens (tertiary/aromatic N) is 1. The molecule has 126 valence electrons. The van der Waals surface area contributed by atoms with Crippen molar-refractivity contribution < 1.29 is 14.5 Å². The van der Waals surface area contributed by atoms with E-state index in [1.54, 1.807) is 13.0 Å². The lowest BCUT2D eigenvalue weighted by atomic mass is 9.93. The van der Waals surface area contributed by atoms with Crippen LogP contribution in [0.3, 0.4) is 0 Å². The molecule has 0 unspecified atom stereocenters. The second kappa shape index (κ2) is 6.83. The van der Waals surface area contributed by atoms with Crippen molar-refractivity contribution in [3.8, 4) is 5.75 Å². The summed E-state index contributed by atoms with van der Waals surface area (Å²) in [5.74, 6) is -0.0780. The highest BCUT2D eigenvalue weighted by molar-refractivity contribution is 5.99. The van der Waals surface area contributed by atoms with Crippen molar-refractivity contribution in [3.05, 3.63) is 67.8 Å². The Labute approximate surface area is 141 Å². The van der Waals surface area contributed by atoms with E-state index >= 15 is 0 Å². The predicted octanol–water partition coefficient (Wildman–Crippen LogP) is 4.40. The number of Topliss-reactive ketones (excluding diaryl/α,β-unsaturated/α-hetero) is 1. The van der Waals surface area contributed by atoms with Gasteiger partial charge >= 0.3 is 5.69 Å². The predicted molar refractivity (Wildman–Crippen MR) is 93.0 cm³/mol. The number of hydrogen-bond donors (Lipinski definition) is 0. The van der Waals surface area contributed by atoms with Gasteiger partial charge < -0.3 is 4.74 Å². The maximum atomic E-state index is 12.5. The van der Waals surface area contributed by atoms with Crippen molar-refractivity contribution >= 4 is 11.5 Å². The van der Waals surface area contributed by atoms with Crippen molar-refractivity contribution in [2.45, 2.75) is 34.6 Å². The molecule has 0 fully saturated rings. The number of carbonyl (C=O) groups excluding carboxylic acids is 1. The summed E-state index contributed by atoms with van der Waals surface area (Å²) in [6.45, 7) is 9.42. The molecule has 0 N–H and O–H groups in total. The topological polar surface area (TPSA) is 69.4 Å². The van der Waals surface area contributed by atoms with Crippen LogP contribution in [0.4, 0.5) is 5.69 Å². The Morgan fingerprint density at radius 3 is 2.33 bits per heavy atom. The minimum atomic E-state index is -0.502. The summed E-state index contributed by atoms with van der Waals surface area (Å²) >= 11 is 0. The highest BCUT2D eigenvalue weighted by atomic mass is 16.6. The second-order valence-electron chi connectivity index (χ2n) is 6.06. The van der Waals surface area contributed by atoms with Crippen LogP contribution in [0.2, 0.25) is 0 Å². The molecule has 0 spiro atoms. The number of benzene rings is 2. The zero-order valence-corrected chi connectivity index (χ0v) is 14.6. The zero-order chi connectivity index (χ0) is 18.0. The third-order valence-electron chi connectivity index (χ3n) is 4.45. The molecule has 5 heteroatoms. The zero-order valence-electron chi connectivity index (χ0n) is 14.6. The van der Waals surface area contributed by atoms with Gasteiger partial charge in [-0.1, -0.05) is 6.07 Å². The first-order valence-electron chi connectivity index (χ1n) is 7.70. The van der Waals surface area contributed by atoms with Gasteiger partial charge in [-0.15, -0.1) is 0 Å². The van der Waals surface area contributed by atoms with Crippen LogP contribution in [-0.2, 0) is 0 Å². The first kappa shape index (κ1) is 17.7. The maximum Gasteiger partial charge on any atom is 0.311 e. The van der Waals surface area contributed by atoms with E-state index in [0.717, 1.165) is 22.3 Å². The Morgan fingerprint density at radius 1 is 1.04 bits per heavy atom. The van der Waals surface area contributed by atoms with E-state index in [-0.39, 0.29) is 23.8 Å². The summed E-state index contributed by atoms with van der Waals surface area (Å²) in [7, 11) is 0. The molecule has 0 bridgehead atoms. The molecule has 0 saturated heterocycles. The van der Waals surface area contributed by atoms with Gasteiger partial charge in [0.05, 0.1) is 4.92 Å². The van der Waals surface area contributed by atoms with Crippen molar-refractivity contribution in [1.82, 2.24) is 0 Å². The van der Waals surface area contributed by atoms with Crippen LogP contribution in [0, 0.1) is 44.7 Å². The van der Waals surface area contributed by atoms with E-state index < -0.39 is 4.92 Å². The first-order chi connectivity index (χ1) is 11.2. The lowest BCUT2D eigenvalue weighted by Gasteiger charge is -2.14. The van der Waals surface area contributed by atoms with Gasteiger partial charge in [0, 0.05) is 11.6 Å². The largest absolute Gasteiger partial charge is 0.478 e. The smallest absolute Gasteiger partial charge is 0.311 e. The average molecular weight is 327 g/mol. The third kappa shape index (κ3) is 3.45. The van der Waals surface area contributed by atoms with Gasteiger partial charge in [-0.2, -0.15) is 0 Å². The van der Waals surface area contributed by atoms with Crippen molar-refractivity contribution in [2.24, 2.45) is 0 Å². The molecule has 2 rings (SSSR count). The Balaban J connectivity index is 2.25. The van der Waals surface area contributed by atoms with Gasteiger partial charge in [0.15, 0.2) is 18.1 Å². The highest BCUT2D eigenvalue weighted by Gasteiger charge is 2.18. The quantitative estimate of drug-likeness (QED) is 0.464. The van der Waals surface area contributed by atoms with E-state index in [0.29, 0.717) is 5.56 Å². The summed E-state index contributed by atoms with van der Waals surface area (Å²) in [5, 5.41) is 11.1. The van der Waals surface area contributed by atoms with Gasteiger partial charge in [0.2, 0.25) is 0 Å². The van der Waals surface area contributed by atoms with Crippen LogP contribution >= 0.6 is 0 Å². The van der Waals surface area contributed by atoms with E-state index in [4.69, 9.17) is 4.74 Å². The van der Waals surface area contributed by atoms with Crippen LogP contribution in [0.5, 0.6) is 5.75 Å². The molecule has 24 heavy (non-hydrogen) atoms. The molecule has 5 nitrogen and oxygen atoms in total. The van der Waals surface area contributed by atoms with Crippen LogP contribution < -0.4 is 4.74 Å². The summed E-state index contributed by atoms with van der Waals surface area (Å²) in [4.78, 5) is 23.1. The van der Waals surface area contributed by atoms with Crippen LogP contribution in [0.25, 0.3) is 0 Å². The molecule has 0 aliphatic carbocycles. The highest BCUT2D eigenvalue weighted by Crippen LogP contribution is 2.28. The lowest BCUT2D eigenvalue weighted by molar-refractivity contribution is -0.385. The van der Waals surface area contributed by atoms with Crippen molar-refractivity contribution in [1.29, 1.82) is 0 Å². The van der Waals surface area contributed by atoms with Gasteiger partial charge in [-0.05, 0) is 74.6 Å². The number of ether oxygens (including phenoxy) is 1. The van der Waals surface area contributed by atoms with Gasteiger partial charge in [-0.25, -0.2) is 0 Å². The Hall–Kier alpha value is -2.69. The standard InChI is InChI=1S/C19H21NO4/c1-11-6-7-19(17(8-11)20(22)23)24-10-18(21)16-9-12(2)13(3)14(4)15(16)5/h6-9H,10H2,1-5H3. The fourth-order valence-corrected chi connectivity index (χ4v) is 2.61. The molecular weight excluding hydrogens is 306 g/mol. The first-order valence-corrected chi connectivity index (χ1v) is 7.70. The van der Waals surface area contributed by atoms with Gasteiger partial charge in [0.1, 0.15) is 0 Å². The Kier molecular flexibility index (Phi) is 5.02. The molecule has 0 saturated carbocycles. The molecule has 2 aromatic carbocycles. The van der Waals surface area contributed by atoms with Crippen molar-refractivity contribution in [2.75, 3.05) is 6.61 Å². The van der Waals surface area contributed by atoms with E-state index in [1.807, 2.05) is 33.8 Å². The molecule has 0 amide bonds. The molecule has 0 aliphatic heterocycles. The van der Waals surface area contributed by atoms with E-state index in [1.165, 1.54) is 17.7 Å². The molecule has 0 aromatic heterocycles. The number of hydrogen-bond acceptors (Lipinski definition) is 4. The van der Waals surface area contributed by atoms with Crippen LogP contribution in [0.15, 0.2) is 24.3 Å². The van der Waals surface area contributed by atoms with Gasteiger partial charge in [-0.3, -0.25) is 14.9 Å². The van der Waals surface area contributed by atoms with Crippen LogP contribution in [-0.4, -0.2) is 17.3 Å². The number of rotatable bonds is 5. The molecule has 0 aliphatic rings. The summed E-state index contributed by atoms with van der Waals surface area (Å²) in [5.41, 5.74) is 5.45. The number of ketones is 1. The average Bonchev–Trinajstić information content (AvgIpc) is 2.54. The molecule has 0 heterocycles. The fraction of sp³-hybridized carbons (Fsp3) is 0.316. The Morgan fingerprint density at radius 2 is 1.71 bits per heavy atom. The minimum absolute atomic E-state index is 0.108. The molecular formula is C19H21NO4. The number of aryl methyl sites for hydroxylation is 2. The molecule has 2 aromatic rings. The SMILES string of the molecule is Cc1ccc(OCC(=O)c2cc(C)c(C)c(C)c2C)c([N+](=O)[O-])c1. The maximum absolute atomic E-state index is 12.5. The number of nitro groups is 1.